The Balaban J connectivity index is 2.54. The third-order valence-corrected chi connectivity index (χ3v) is 1.74. The normalized spacial score (nSPS) is 10.2. The highest BCUT2D eigenvalue weighted by Gasteiger charge is 2.02. The lowest BCUT2D eigenvalue weighted by Crippen LogP contribution is -2.19. The minimum Gasteiger partial charge on any atom is -0.351 e. The van der Waals surface area contributed by atoms with Crippen molar-refractivity contribution in [3.63, 3.8) is 0 Å². The first-order valence-corrected chi connectivity index (χ1v) is 3.76. The Morgan fingerprint density at radius 3 is 3.15 bits per heavy atom. The molecule has 0 aliphatic heterocycles. The number of aromatic nitrogens is 2. The Kier molecular flexibility index (Phi) is 1.63. The highest BCUT2D eigenvalue weighted by Crippen LogP contribution is 2.20. The molecule has 0 saturated heterocycles. The lowest BCUT2D eigenvalue weighted by Gasteiger charge is -2.01. The largest absolute Gasteiger partial charge is 0.351 e. The van der Waals surface area contributed by atoms with E-state index in [9.17, 15) is 4.79 Å². The summed E-state index contributed by atoms with van der Waals surface area (Å²) < 4.78 is 0. The van der Waals surface area contributed by atoms with Crippen LogP contribution in [0.15, 0.2) is 24.4 Å². The number of primary amides is 1. The monoisotopic (exact) mass is 176 g/mol. The molecule has 0 bridgehead atoms. The van der Waals surface area contributed by atoms with Gasteiger partial charge in [0, 0.05) is 5.39 Å². The molecule has 1 aromatic carbocycles. The van der Waals surface area contributed by atoms with Crippen LogP contribution in [0.3, 0.4) is 0 Å². The van der Waals surface area contributed by atoms with Gasteiger partial charge in [-0.05, 0) is 12.1 Å². The van der Waals surface area contributed by atoms with Crippen LogP contribution in [0.1, 0.15) is 0 Å². The van der Waals surface area contributed by atoms with Crippen LogP contribution < -0.4 is 11.1 Å². The van der Waals surface area contributed by atoms with Crippen LogP contribution >= 0.6 is 0 Å². The molecule has 0 fully saturated rings. The average Bonchev–Trinajstić information content (AvgIpc) is 2.51. The zero-order valence-corrected chi connectivity index (χ0v) is 6.74. The smallest absolute Gasteiger partial charge is 0.316 e. The number of nitrogens with one attached hydrogen (secondary N) is 2. The third-order valence-electron chi connectivity index (χ3n) is 1.74. The van der Waals surface area contributed by atoms with Gasteiger partial charge >= 0.3 is 6.03 Å². The van der Waals surface area contributed by atoms with Crippen molar-refractivity contribution in [2.45, 2.75) is 0 Å². The number of H-pyrrole nitrogens is 1. The van der Waals surface area contributed by atoms with E-state index in [2.05, 4.69) is 15.5 Å². The van der Waals surface area contributed by atoms with Crippen LogP contribution in [0.2, 0.25) is 0 Å². The third kappa shape index (κ3) is 1.31. The molecule has 2 aromatic rings. The predicted octanol–water partition coefficient (Wildman–Crippen LogP) is 1.05. The van der Waals surface area contributed by atoms with E-state index >= 15 is 0 Å². The van der Waals surface area contributed by atoms with Gasteiger partial charge in [0.05, 0.1) is 17.4 Å². The lowest BCUT2D eigenvalue weighted by molar-refractivity contribution is 0.259. The molecule has 13 heavy (non-hydrogen) atoms. The molecule has 2 rings (SSSR count). The molecule has 1 heterocycles. The van der Waals surface area contributed by atoms with E-state index in [4.69, 9.17) is 5.73 Å². The van der Waals surface area contributed by atoms with Crippen molar-refractivity contribution in [1.29, 1.82) is 0 Å². The zero-order chi connectivity index (χ0) is 9.26. The van der Waals surface area contributed by atoms with Gasteiger partial charge in [-0.3, -0.25) is 5.10 Å². The maximum atomic E-state index is 10.6. The van der Waals surface area contributed by atoms with E-state index in [0.717, 1.165) is 10.9 Å². The fourth-order valence-corrected chi connectivity index (χ4v) is 1.21. The van der Waals surface area contributed by atoms with Crippen LogP contribution in [0.4, 0.5) is 10.5 Å². The van der Waals surface area contributed by atoms with Gasteiger partial charge in [-0.25, -0.2) is 4.79 Å². The van der Waals surface area contributed by atoms with Crippen molar-refractivity contribution in [1.82, 2.24) is 10.2 Å². The van der Waals surface area contributed by atoms with Gasteiger partial charge in [-0.1, -0.05) is 6.07 Å². The number of carbonyl (C=O) groups is 1. The van der Waals surface area contributed by atoms with Gasteiger partial charge in [-0.15, -0.1) is 0 Å². The summed E-state index contributed by atoms with van der Waals surface area (Å²) in [4.78, 5) is 10.6. The van der Waals surface area contributed by atoms with Gasteiger partial charge in [-0.2, -0.15) is 5.10 Å². The summed E-state index contributed by atoms with van der Waals surface area (Å²) in [6.07, 6.45) is 1.64. The lowest BCUT2D eigenvalue weighted by atomic mass is 10.2. The maximum Gasteiger partial charge on any atom is 0.316 e. The van der Waals surface area contributed by atoms with E-state index in [1.54, 1.807) is 12.3 Å². The van der Waals surface area contributed by atoms with Crippen LogP contribution in [-0.4, -0.2) is 16.2 Å². The second-order valence-corrected chi connectivity index (χ2v) is 2.63. The van der Waals surface area contributed by atoms with Gasteiger partial charge in [0.15, 0.2) is 0 Å². The number of amides is 2. The van der Waals surface area contributed by atoms with Crippen molar-refractivity contribution >= 4 is 22.6 Å². The first-order chi connectivity index (χ1) is 6.27. The van der Waals surface area contributed by atoms with E-state index in [1.165, 1.54) is 0 Å². The number of fused-ring (bicyclic) bond motifs is 1. The Morgan fingerprint density at radius 1 is 1.54 bits per heavy atom. The summed E-state index contributed by atoms with van der Waals surface area (Å²) >= 11 is 0. The molecule has 0 spiro atoms. The summed E-state index contributed by atoms with van der Waals surface area (Å²) in [6, 6.07) is 4.87. The van der Waals surface area contributed by atoms with Crippen molar-refractivity contribution in [2.24, 2.45) is 5.73 Å². The number of rotatable bonds is 1. The highest BCUT2D eigenvalue weighted by molar-refractivity contribution is 5.99. The minimum absolute atomic E-state index is 0.575. The molecule has 0 atom stereocenters. The molecule has 5 nitrogen and oxygen atoms in total. The van der Waals surface area contributed by atoms with Crippen molar-refractivity contribution < 1.29 is 4.79 Å². The number of hydrogen-bond acceptors (Lipinski definition) is 2. The number of benzene rings is 1. The molecule has 5 heteroatoms. The summed E-state index contributed by atoms with van der Waals surface area (Å²) in [7, 11) is 0. The molecule has 0 radical (unpaired) electrons. The fourth-order valence-electron chi connectivity index (χ4n) is 1.21. The summed E-state index contributed by atoms with van der Waals surface area (Å²) in [5.41, 5.74) is 6.54. The van der Waals surface area contributed by atoms with Gasteiger partial charge in [0.1, 0.15) is 0 Å². The Labute approximate surface area is 73.9 Å². The maximum absolute atomic E-state index is 10.6. The minimum atomic E-state index is -0.575. The molecule has 0 aliphatic rings. The molecular formula is C8H8N4O. The summed E-state index contributed by atoms with van der Waals surface area (Å²) in [5, 5.41) is 10.0. The number of nitrogens with two attached hydrogens (primary N) is 1. The molecule has 66 valence electrons. The van der Waals surface area contributed by atoms with E-state index < -0.39 is 6.03 Å². The highest BCUT2D eigenvalue weighted by atomic mass is 16.2. The molecule has 0 unspecified atom stereocenters. The zero-order valence-electron chi connectivity index (χ0n) is 6.74. The number of urea groups is 1. The summed E-state index contributed by atoms with van der Waals surface area (Å²) in [5.74, 6) is 0. The number of hydrogen-bond donors (Lipinski definition) is 3. The van der Waals surface area contributed by atoms with Gasteiger partial charge < -0.3 is 11.1 Å². The van der Waals surface area contributed by atoms with E-state index in [0.29, 0.717) is 5.69 Å². The van der Waals surface area contributed by atoms with Crippen LogP contribution in [0.25, 0.3) is 10.9 Å². The van der Waals surface area contributed by atoms with E-state index in [-0.39, 0.29) is 0 Å². The Hall–Kier alpha value is -2.04. The number of aromatic amines is 1. The van der Waals surface area contributed by atoms with Crippen LogP contribution in [0, 0.1) is 0 Å². The number of anilines is 1. The SMILES string of the molecule is NC(=O)Nc1cccc2[nH]ncc12. The molecule has 1 aromatic heterocycles. The molecule has 4 N–H and O–H groups in total. The van der Waals surface area contributed by atoms with Gasteiger partial charge in [0.25, 0.3) is 0 Å². The van der Waals surface area contributed by atoms with Crippen molar-refractivity contribution in [3.05, 3.63) is 24.4 Å². The first-order valence-electron chi connectivity index (χ1n) is 3.76. The fraction of sp³-hybridized carbons (Fsp3) is 0. The van der Waals surface area contributed by atoms with E-state index in [1.807, 2.05) is 12.1 Å². The van der Waals surface area contributed by atoms with Crippen molar-refractivity contribution in [3.8, 4) is 0 Å². The second kappa shape index (κ2) is 2.78. The Bertz CT molecular complexity index is 448. The topological polar surface area (TPSA) is 83.8 Å². The predicted molar refractivity (Wildman–Crippen MR) is 49.3 cm³/mol. The van der Waals surface area contributed by atoms with Crippen molar-refractivity contribution in [2.75, 3.05) is 5.32 Å². The average molecular weight is 176 g/mol. The number of carbonyl (C=O) groups excluding carboxylic acids is 1. The molecular weight excluding hydrogens is 168 g/mol. The van der Waals surface area contributed by atoms with Crippen LogP contribution in [0.5, 0.6) is 0 Å². The standard InChI is InChI=1S/C8H8N4O/c9-8(13)11-6-2-1-3-7-5(6)4-10-12-7/h1-4H,(H,10,12)(H3,9,11,13). The molecule has 2 amide bonds. The number of nitrogens with zero attached hydrogens (tertiary/aromatic N) is 1. The quantitative estimate of drug-likeness (QED) is 0.606. The Morgan fingerprint density at radius 2 is 2.38 bits per heavy atom. The second-order valence-electron chi connectivity index (χ2n) is 2.63. The summed E-state index contributed by atoms with van der Waals surface area (Å²) in [6.45, 7) is 0. The molecule has 0 aliphatic carbocycles. The molecule has 0 saturated carbocycles. The van der Waals surface area contributed by atoms with Crippen LogP contribution in [-0.2, 0) is 0 Å². The van der Waals surface area contributed by atoms with Gasteiger partial charge in [0.2, 0.25) is 0 Å². The first kappa shape index (κ1) is 7.60.